The number of para-hydroxylation sites is 1. The van der Waals surface area contributed by atoms with Crippen LogP contribution in [0.25, 0.3) is 0 Å². The second-order valence-corrected chi connectivity index (χ2v) is 4.43. The molecule has 0 aromatic heterocycles. The smallest absolute Gasteiger partial charge is 0.122 e. The Kier molecular flexibility index (Phi) is 3.46. The van der Waals surface area contributed by atoms with E-state index in [4.69, 9.17) is 10.5 Å². The molecular formula is C13H20N2O. The molecule has 0 atom stereocenters. The Labute approximate surface area is 97.0 Å². The standard InChI is InChI=1S/C13H20N2O/c1-16-12-5-3-2-4-11(12)13(10-14)6-8-15-9-7-13/h2-5,15H,6-10,14H2,1H3. The SMILES string of the molecule is COc1ccccc1C1(CN)CCNCC1. The molecular weight excluding hydrogens is 200 g/mol. The molecule has 1 aromatic rings. The second kappa shape index (κ2) is 4.85. The van der Waals surface area contributed by atoms with Crippen molar-refractivity contribution in [2.75, 3.05) is 26.7 Å². The van der Waals surface area contributed by atoms with Crippen molar-refractivity contribution in [1.82, 2.24) is 5.32 Å². The Balaban J connectivity index is 2.38. The van der Waals surface area contributed by atoms with Crippen molar-refractivity contribution in [1.29, 1.82) is 0 Å². The number of hydrogen-bond acceptors (Lipinski definition) is 3. The molecule has 0 bridgehead atoms. The van der Waals surface area contributed by atoms with E-state index in [-0.39, 0.29) is 5.41 Å². The lowest BCUT2D eigenvalue weighted by Crippen LogP contribution is -2.45. The summed E-state index contributed by atoms with van der Waals surface area (Å²) in [4.78, 5) is 0. The van der Waals surface area contributed by atoms with Gasteiger partial charge in [0.2, 0.25) is 0 Å². The molecule has 1 aromatic carbocycles. The number of piperidine rings is 1. The van der Waals surface area contributed by atoms with Gasteiger partial charge in [-0.2, -0.15) is 0 Å². The number of rotatable bonds is 3. The predicted molar refractivity (Wildman–Crippen MR) is 65.8 cm³/mol. The van der Waals surface area contributed by atoms with Crippen LogP contribution in [-0.2, 0) is 5.41 Å². The first-order valence-electron chi connectivity index (χ1n) is 5.87. The van der Waals surface area contributed by atoms with Crippen LogP contribution in [0, 0.1) is 0 Å². The van der Waals surface area contributed by atoms with Crippen LogP contribution >= 0.6 is 0 Å². The van der Waals surface area contributed by atoms with E-state index in [1.54, 1.807) is 7.11 Å². The number of nitrogens with one attached hydrogen (secondary N) is 1. The maximum absolute atomic E-state index is 6.01. The monoisotopic (exact) mass is 220 g/mol. The highest BCUT2D eigenvalue weighted by Crippen LogP contribution is 2.37. The molecule has 0 radical (unpaired) electrons. The van der Waals surface area contributed by atoms with Crippen molar-refractivity contribution in [3.63, 3.8) is 0 Å². The minimum Gasteiger partial charge on any atom is -0.496 e. The van der Waals surface area contributed by atoms with Gasteiger partial charge < -0.3 is 15.8 Å². The highest BCUT2D eigenvalue weighted by atomic mass is 16.5. The van der Waals surface area contributed by atoms with Gasteiger partial charge >= 0.3 is 0 Å². The third-order valence-electron chi connectivity index (χ3n) is 3.63. The zero-order chi connectivity index (χ0) is 11.4. The number of methoxy groups -OCH3 is 1. The van der Waals surface area contributed by atoms with E-state index in [9.17, 15) is 0 Å². The molecule has 1 aliphatic heterocycles. The van der Waals surface area contributed by atoms with E-state index in [1.165, 1.54) is 5.56 Å². The largest absolute Gasteiger partial charge is 0.496 e. The third-order valence-corrected chi connectivity index (χ3v) is 3.63. The van der Waals surface area contributed by atoms with Gasteiger partial charge in [0.05, 0.1) is 7.11 Å². The zero-order valence-corrected chi connectivity index (χ0v) is 9.83. The summed E-state index contributed by atoms with van der Waals surface area (Å²) in [5, 5.41) is 3.38. The molecule has 3 heteroatoms. The molecule has 2 rings (SSSR count). The first-order chi connectivity index (χ1) is 7.82. The van der Waals surface area contributed by atoms with Gasteiger partial charge in [0, 0.05) is 17.5 Å². The molecule has 3 nitrogen and oxygen atoms in total. The fourth-order valence-electron chi connectivity index (χ4n) is 2.57. The van der Waals surface area contributed by atoms with Gasteiger partial charge in [0.1, 0.15) is 5.75 Å². The van der Waals surface area contributed by atoms with Crippen LogP contribution in [0.15, 0.2) is 24.3 Å². The molecule has 0 aliphatic carbocycles. The molecule has 16 heavy (non-hydrogen) atoms. The average molecular weight is 220 g/mol. The van der Waals surface area contributed by atoms with Crippen molar-refractivity contribution < 1.29 is 4.74 Å². The maximum Gasteiger partial charge on any atom is 0.122 e. The highest BCUT2D eigenvalue weighted by Gasteiger charge is 2.34. The van der Waals surface area contributed by atoms with Crippen molar-refractivity contribution in [2.24, 2.45) is 5.73 Å². The Morgan fingerprint density at radius 2 is 2.00 bits per heavy atom. The second-order valence-electron chi connectivity index (χ2n) is 4.43. The van der Waals surface area contributed by atoms with Crippen LogP contribution in [0.2, 0.25) is 0 Å². The highest BCUT2D eigenvalue weighted by molar-refractivity contribution is 5.40. The molecule has 0 spiro atoms. The van der Waals surface area contributed by atoms with E-state index < -0.39 is 0 Å². The van der Waals surface area contributed by atoms with Crippen molar-refractivity contribution >= 4 is 0 Å². The van der Waals surface area contributed by atoms with E-state index in [0.717, 1.165) is 31.7 Å². The van der Waals surface area contributed by atoms with E-state index in [1.807, 2.05) is 12.1 Å². The first kappa shape index (κ1) is 11.4. The van der Waals surface area contributed by atoms with Gasteiger partial charge in [-0.3, -0.25) is 0 Å². The van der Waals surface area contributed by atoms with E-state index in [0.29, 0.717) is 6.54 Å². The quantitative estimate of drug-likeness (QED) is 0.806. The van der Waals surface area contributed by atoms with Crippen molar-refractivity contribution in [3.8, 4) is 5.75 Å². The first-order valence-corrected chi connectivity index (χ1v) is 5.87. The summed E-state index contributed by atoms with van der Waals surface area (Å²) >= 11 is 0. The van der Waals surface area contributed by atoms with Crippen LogP contribution in [-0.4, -0.2) is 26.7 Å². The lowest BCUT2D eigenvalue weighted by atomic mass is 9.73. The number of ether oxygens (including phenoxy) is 1. The third kappa shape index (κ3) is 1.93. The number of nitrogens with two attached hydrogens (primary N) is 1. The van der Waals surface area contributed by atoms with Crippen LogP contribution < -0.4 is 15.8 Å². The van der Waals surface area contributed by atoms with Crippen LogP contribution in [0.1, 0.15) is 18.4 Å². The van der Waals surface area contributed by atoms with Gasteiger partial charge in [-0.25, -0.2) is 0 Å². The van der Waals surface area contributed by atoms with Crippen LogP contribution in [0.5, 0.6) is 5.75 Å². The average Bonchev–Trinajstić information content (AvgIpc) is 2.39. The van der Waals surface area contributed by atoms with E-state index >= 15 is 0 Å². The summed E-state index contributed by atoms with van der Waals surface area (Å²) < 4.78 is 5.45. The Hall–Kier alpha value is -1.06. The van der Waals surface area contributed by atoms with Gasteiger partial charge in [-0.1, -0.05) is 18.2 Å². The van der Waals surface area contributed by atoms with Crippen LogP contribution in [0.4, 0.5) is 0 Å². The molecule has 1 fully saturated rings. The van der Waals surface area contributed by atoms with Gasteiger partial charge in [-0.15, -0.1) is 0 Å². The van der Waals surface area contributed by atoms with Gasteiger partial charge in [0.25, 0.3) is 0 Å². The fraction of sp³-hybridized carbons (Fsp3) is 0.538. The van der Waals surface area contributed by atoms with Gasteiger partial charge in [-0.05, 0) is 32.0 Å². The molecule has 1 heterocycles. The molecule has 0 unspecified atom stereocenters. The van der Waals surface area contributed by atoms with Gasteiger partial charge in [0.15, 0.2) is 0 Å². The summed E-state index contributed by atoms with van der Waals surface area (Å²) in [5.74, 6) is 0.967. The normalized spacial score (nSPS) is 19.4. The summed E-state index contributed by atoms with van der Waals surface area (Å²) in [6.07, 6.45) is 2.17. The molecule has 0 saturated carbocycles. The maximum atomic E-state index is 6.01. The summed E-state index contributed by atoms with van der Waals surface area (Å²) in [7, 11) is 1.73. The Morgan fingerprint density at radius 3 is 2.62 bits per heavy atom. The molecule has 1 saturated heterocycles. The lowest BCUT2D eigenvalue weighted by Gasteiger charge is -2.37. The molecule has 88 valence electrons. The zero-order valence-electron chi connectivity index (χ0n) is 9.83. The number of benzene rings is 1. The minimum absolute atomic E-state index is 0.0951. The Morgan fingerprint density at radius 1 is 1.31 bits per heavy atom. The van der Waals surface area contributed by atoms with Crippen molar-refractivity contribution in [2.45, 2.75) is 18.3 Å². The lowest BCUT2D eigenvalue weighted by molar-refractivity contribution is 0.300. The summed E-state index contributed by atoms with van der Waals surface area (Å²) in [6, 6.07) is 8.25. The number of hydrogen-bond donors (Lipinski definition) is 2. The molecule has 3 N–H and O–H groups in total. The molecule has 1 aliphatic rings. The topological polar surface area (TPSA) is 47.3 Å². The fourth-order valence-corrected chi connectivity index (χ4v) is 2.57. The van der Waals surface area contributed by atoms with E-state index in [2.05, 4.69) is 17.4 Å². The summed E-state index contributed by atoms with van der Waals surface area (Å²) in [6.45, 7) is 2.76. The van der Waals surface area contributed by atoms with Crippen molar-refractivity contribution in [3.05, 3.63) is 29.8 Å². The Bertz CT molecular complexity index is 346. The summed E-state index contributed by atoms with van der Waals surface area (Å²) in [5.41, 5.74) is 7.37. The molecule has 0 amide bonds. The predicted octanol–water partition coefficient (Wildman–Crippen LogP) is 1.28. The van der Waals surface area contributed by atoms with Crippen LogP contribution in [0.3, 0.4) is 0 Å². The minimum atomic E-state index is 0.0951.